The maximum absolute atomic E-state index is 14.5. The molecule has 0 saturated heterocycles. The fourth-order valence-electron chi connectivity index (χ4n) is 5.11. The molecule has 176 valence electrons. The van der Waals surface area contributed by atoms with Gasteiger partial charge in [0.2, 0.25) is 0 Å². The van der Waals surface area contributed by atoms with Gasteiger partial charge in [-0.05, 0) is 58.9 Å². The molecule has 0 atom stereocenters. The third-order valence-corrected chi connectivity index (χ3v) is 6.94. The van der Waals surface area contributed by atoms with E-state index in [0.29, 0.717) is 5.39 Å². The molecule has 4 rings (SSSR count). The van der Waals surface area contributed by atoms with Gasteiger partial charge in [0.05, 0.1) is 0 Å². The van der Waals surface area contributed by atoms with E-state index in [1.54, 1.807) is 12.1 Å². The van der Waals surface area contributed by atoms with Crippen molar-refractivity contribution in [3.63, 3.8) is 0 Å². The Morgan fingerprint density at radius 1 is 0.818 bits per heavy atom. The van der Waals surface area contributed by atoms with E-state index in [0.717, 1.165) is 35.4 Å². The maximum Gasteiger partial charge on any atom is 0.573 e. The van der Waals surface area contributed by atoms with Gasteiger partial charge in [0.1, 0.15) is 0 Å². The van der Waals surface area contributed by atoms with Gasteiger partial charge in [0, 0.05) is 5.39 Å². The van der Waals surface area contributed by atoms with Crippen LogP contribution in [0.15, 0.2) is 54.6 Å². The molecule has 0 radical (unpaired) electrons. The zero-order valence-electron chi connectivity index (χ0n) is 18.9. The van der Waals surface area contributed by atoms with Crippen LogP contribution in [0.4, 0.5) is 17.6 Å². The molecule has 1 nitrogen and oxygen atoms in total. The topological polar surface area (TPSA) is 9.23 Å². The van der Waals surface area contributed by atoms with Crippen LogP contribution in [0, 0.1) is 17.7 Å². The molecule has 1 aliphatic rings. The fourth-order valence-corrected chi connectivity index (χ4v) is 5.11. The lowest BCUT2D eigenvalue weighted by Gasteiger charge is -2.28. The quantitative estimate of drug-likeness (QED) is 0.321. The summed E-state index contributed by atoms with van der Waals surface area (Å²) in [5.41, 5.74) is 3.21. The lowest BCUT2D eigenvalue weighted by molar-refractivity contribution is -0.275. The standard InChI is InChI=1S/C28H30F4O/c1-2-3-19-4-6-20(7-5-19)8-9-21-10-12-22(13-11-21)23-14-16-25-24(18-23)15-17-26(27(25)29)33-28(30,31)32/h10-20H,2-9H2,1H3/t19-,20-. The van der Waals surface area contributed by atoms with E-state index in [-0.39, 0.29) is 5.39 Å². The number of aryl methyl sites for hydroxylation is 1. The summed E-state index contributed by atoms with van der Waals surface area (Å²) in [6.45, 7) is 2.27. The number of halogens is 4. The number of alkyl halides is 3. The molecule has 0 heterocycles. The van der Waals surface area contributed by atoms with Crippen molar-refractivity contribution in [2.24, 2.45) is 11.8 Å². The van der Waals surface area contributed by atoms with E-state index in [1.165, 1.54) is 62.6 Å². The minimum absolute atomic E-state index is 0.103. The first-order chi connectivity index (χ1) is 15.8. The van der Waals surface area contributed by atoms with Crippen LogP contribution in [-0.4, -0.2) is 6.36 Å². The normalized spacial score (nSPS) is 19.1. The first kappa shape index (κ1) is 23.6. The van der Waals surface area contributed by atoms with E-state index in [1.807, 2.05) is 0 Å². The SMILES string of the molecule is CCC[C@H]1CC[C@H](CCc2ccc(-c3ccc4c(F)c(OC(F)(F)F)ccc4c3)cc2)CC1. The van der Waals surface area contributed by atoms with E-state index in [2.05, 4.69) is 35.9 Å². The van der Waals surface area contributed by atoms with Crippen LogP contribution < -0.4 is 4.74 Å². The van der Waals surface area contributed by atoms with E-state index < -0.39 is 17.9 Å². The highest BCUT2D eigenvalue weighted by atomic mass is 19.4. The van der Waals surface area contributed by atoms with Crippen molar-refractivity contribution in [1.29, 1.82) is 0 Å². The summed E-state index contributed by atoms with van der Waals surface area (Å²) in [4.78, 5) is 0. The highest BCUT2D eigenvalue weighted by Gasteiger charge is 2.32. The van der Waals surface area contributed by atoms with E-state index in [9.17, 15) is 17.6 Å². The monoisotopic (exact) mass is 458 g/mol. The van der Waals surface area contributed by atoms with Crippen molar-refractivity contribution in [3.05, 3.63) is 66.0 Å². The van der Waals surface area contributed by atoms with Crippen LogP contribution in [0.2, 0.25) is 0 Å². The van der Waals surface area contributed by atoms with Crippen LogP contribution in [0.1, 0.15) is 57.4 Å². The van der Waals surface area contributed by atoms with Gasteiger partial charge < -0.3 is 4.74 Å². The Morgan fingerprint density at radius 2 is 1.45 bits per heavy atom. The summed E-state index contributed by atoms with van der Waals surface area (Å²) in [5, 5.41) is 0.632. The molecule has 33 heavy (non-hydrogen) atoms. The number of hydrogen-bond donors (Lipinski definition) is 0. The number of rotatable bonds is 7. The first-order valence-electron chi connectivity index (χ1n) is 11.9. The van der Waals surface area contributed by atoms with Gasteiger partial charge >= 0.3 is 6.36 Å². The van der Waals surface area contributed by atoms with Gasteiger partial charge in [-0.2, -0.15) is 0 Å². The summed E-state index contributed by atoms with van der Waals surface area (Å²) < 4.78 is 55.6. The van der Waals surface area contributed by atoms with Gasteiger partial charge in [0.25, 0.3) is 0 Å². The van der Waals surface area contributed by atoms with Crippen molar-refractivity contribution in [3.8, 4) is 16.9 Å². The van der Waals surface area contributed by atoms with Gasteiger partial charge in [0.15, 0.2) is 11.6 Å². The predicted molar refractivity (Wildman–Crippen MR) is 125 cm³/mol. The van der Waals surface area contributed by atoms with Crippen molar-refractivity contribution in [2.75, 3.05) is 0 Å². The Hall–Kier alpha value is -2.56. The Balaban J connectivity index is 1.40. The Labute approximate surface area is 192 Å². The summed E-state index contributed by atoms with van der Waals surface area (Å²) in [6.07, 6.45) is 5.51. The van der Waals surface area contributed by atoms with Crippen molar-refractivity contribution >= 4 is 10.8 Å². The number of benzene rings is 3. The molecule has 0 spiro atoms. The molecule has 0 amide bonds. The Bertz CT molecular complexity index is 1060. The second-order valence-electron chi connectivity index (χ2n) is 9.27. The molecule has 5 heteroatoms. The summed E-state index contributed by atoms with van der Waals surface area (Å²) in [7, 11) is 0. The largest absolute Gasteiger partial charge is 0.573 e. The minimum Gasteiger partial charge on any atom is -0.403 e. The van der Waals surface area contributed by atoms with Crippen LogP contribution in [-0.2, 0) is 6.42 Å². The molecular weight excluding hydrogens is 428 g/mol. The average molecular weight is 459 g/mol. The second kappa shape index (κ2) is 10.1. The van der Waals surface area contributed by atoms with Gasteiger partial charge in [-0.1, -0.05) is 87.9 Å². The fraction of sp³-hybridized carbons (Fsp3) is 0.429. The molecule has 1 aliphatic carbocycles. The molecule has 0 N–H and O–H groups in total. The second-order valence-corrected chi connectivity index (χ2v) is 9.27. The summed E-state index contributed by atoms with van der Waals surface area (Å²) in [6, 6.07) is 15.9. The van der Waals surface area contributed by atoms with Gasteiger partial charge in [-0.3, -0.25) is 0 Å². The molecule has 0 unspecified atom stereocenters. The summed E-state index contributed by atoms with van der Waals surface area (Å²) in [5.74, 6) is -0.0505. The van der Waals surface area contributed by atoms with Crippen LogP contribution in [0.3, 0.4) is 0 Å². The number of fused-ring (bicyclic) bond motifs is 1. The third-order valence-electron chi connectivity index (χ3n) is 6.94. The van der Waals surface area contributed by atoms with Gasteiger partial charge in [-0.25, -0.2) is 4.39 Å². The van der Waals surface area contributed by atoms with Crippen LogP contribution >= 0.6 is 0 Å². The zero-order valence-corrected chi connectivity index (χ0v) is 18.9. The van der Waals surface area contributed by atoms with Gasteiger partial charge in [-0.15, -0.1) is 13.2 Å². The van der Waals surface area contributed by atoms with Crippen molar-refractivity contribution < 1.29 is 22.3 Å². The number of hydrogen-bond acceptors (Lipinski definition) is 1. The van der Waals surface area contributed by atoms with E-state index >= 15 is 0 Å². The molecule has 3 aromatic rings. The molecular formula is C28H30F4O. The van der Waals surface area contributed by atoms with Crippen molar-refractivity contribution in [2.45, 2.75) is 64.7 Å². The smallest absolute Gasteiger partial charge is 0.403 e. The highest BCUT2D eigenvalue weighted by Crippen LogP contribution is 2.35. The molecule has 0 aliphatic heterocycles. The average Bonchev–Trinajstić information content (AvgIpc) is 2.80. The van der Waals surface area contributed by atoms with E-state index in [4.69, 9.17) is 0 Å². The Morgan fingerprint density at radius 3 is 2.09 bits per heavy atom. The molecule has 0 aromatic heterocycles. The molecule has 1 saturated carbocycles. The molecule has 3 aromatic carbocycles. The highest BCUT2D eigenvalue weighted by molar-refractivity contribution is 5.89. The maximum atomic E-state index is 14.5. The van der Waals surface area contributed by atoms with Crippen LogP contribution in [0.25, 0.3) is 21.9 Å². The zero-order chi connectivity index (χ0) is 23.4. The first-order valence-corrected chi connectivity index (χ1v) is 11.9. The Kier molecular flexibility index (Phi) is 7.26. The third kappa shape index (κ3) is 6.07. The predicted octanol–water partition coefficient (Wildman–Crippen LogP) is 9.08. The van der Waals surface area contributed by atoms with Crippen LogP contribution in [0.5, 0.6) is 5.75 Å². The molecule has 0 bridgehead atoms. The lowest BCUT2D eigenvalue weighted by Crippen LogP contribution is -2.17. The minimum atomic E-state index is -4.93. The number of ether oxygens (including phenoxy) is 1. The lowest BCUT2D eigenvalue weighted by atomic mass is 9.78. The molecule has 1 fully saturated rings. The van der Waals surface area contributed by atoms with Crippen molar-refractivity contribution in [1.82, 2.24) is 0 Å². The summed E-state index contributed by atoms with van der Waals surface area (Å²) >= 11 is 0.